The molecule has 0 aliphatic carbocycles. The molecule has 0 spiro atoms. The number of methoxy groups -OCH3 is 2. The van der Waals surface area contributed by atoms with Crippen LogP contribution in [-0.4, -0.2) is 128 Å². The van der Waals surface area contributed by atoms with Crippen molar-refractivity contribution in [1.82, 2.24) is 30.3 Å². The number of benzene rings is 1. The van der Waals surface area contributed by atoms with E-state index in [9.17, 15) is 24.7 Å². The van der Waals surface area contributed by atoms with E-state index in [4.69, 9.17) is 9.47 Å². The van der Waals surface area contributed by atoms with Gasteiger partial charge in [0.1, 0.15) is 11.0 Å². The lowest BCUT2D eigenvalue weighted by molar-refractivity contribution is -0.147. The summed E-state index contributed by atoms with van der Waals surface area (Å²) in [6.07, 6.45) is 3.07. The fourth-order valence-corrected chi connectivity index (χ4v) is 8.88. The van der Waals surface area contributed by atoms with Gasteiger partial charge in [-0.15, -0.1) is 11.3 Å². The highest BCUT2D eigenvalue weighted by atomic mass is 32.1. The molecule has 57 heavy (non-hydrogen) atoms. The van der Waals surface area contributed by atoms with Gasteiger partial charge in [-0.25, -0.2) is 4.98 Å². The first kappa shape index (κ1) is 47.3. The van der Waals surface area contributed by atoms with Crippen LogP contribution in [0.2, 0.25) is 0 Å². The average molecular weight is 812 g/mol. The van der Waals surface area contributed by atoms with Crippen LogP contribution < -0.4 is 10.6 Å². The van der Waals surface area contributed by atoms with Gasteiger partial charge in [0.15, 0.2) is 0 Å². The lowest BCUT2D eigenvalue weighted by atomic mass is 9.89. The minimum atomic E-state index is -1.15. The first-order chi connectivity index (χ1) is 27.1. The Labute approximate surface area is 342 Å². The molecule has 0 saturated carbocycles. The lowest BCUT2D eigenvalue weighted by Gasteiger charge is -2.41. The molecular weight excluding hydrogens is 747 g/mol. The number of aromatic nitrogens is 1. The summed E-state index contributed by atoms with van der Waals surface area (Å²) in [5.74, 6) is -1.92. The SMILES string of the molecule is CC[C@H](C)[C@@H]([C@@H](CC(=O)N1CCC[C@H]1[C@H](OC)[C@@H](C)C(=O)N[C@@H](Cc1ccccc1)c1nccs1)OC)N(C)C(=O)[C@@H](NC(=O)[C@H](C(C)C)N(C)C)[C@H](C)N=[N+]=[N-]. The summed E-state index contributed by atoms with van der Waals surface area (Å²) in [6, 6.07) is 6.13. The summed E-state index contributed by atoms with van der Waals surface area (Å²) in [5, 5.41) is 12.6. The second-order valence-electron chi connectivity index (χ2n) is 15.8. The van der Waals surface area contributed by atoms with Crippen LogP contribution in [0.5, 0.6) is 0 Å². The predicted molar refractivity (Wildman–Crippen MR) is 222 cm³/mol. The number of hydrogen-bond donors (Lipinski definition) is 2. The number of rotatable bonds is 22. The highest BCUT2D eigenvalue weighted by molar-refractivity contribution is 7.09. The van der Waals surface area contributed by atoms with Gasteiger partial charge in [-0.05, 0) is 56.3 Å². The van der Waals surface area contributed by atoms with Crippen molar-refractivity contribution in [1.29, 1.82) is 0 Å². The van der Waals surface area contributed by atoms with Crippen LogP contribution in [0.3, 0.4) is 0 Å². The van der Waals surface area contributed by atoms with Gasteiger partial charge in [0.25, 0.3) is 0 Å². The molecule has 0 unspecified atom stereocenters. The number of amides is 4. The minimum Gasteiger partial charge on any atom is -0.379 e. The van der Waals surface area contributed by atoms with Crippen LogP contribution in [0.25, 0.3) is 10.4 Å². The highest BCUT2D eigenvalue weighted by Gasteiger charge is 2.43. The standard InChI is InChI=1S/C41H65N9O6S/c1-12-26(4)36(49(9)41(54)34(28(6)46-47-42)45-39(53)35(25(2)3)48(7)8)32(55-10)24-33(51)50-21-16-19-31(50)37(56-11)27(5)38(52)44-30(40-43-20-22-57-40)23-29-17-14-13-15-18-29/h13-15,17-18,20,22,25-28,30-32,34-37H,12,16,19,21,23-24H2,1-11H3,(H,44,52)(H,45,53)/t26-,27+,28-,30-,31-,32+,34-,35-,36-,37+/m0/s1. The lowest BCUT2D eigenvalue weighted by Crippen LogP contribution is -2.60. The quantitative estimate of drug-likeness (QED) is 0.0921. The van der Waals surface area contributed by atoms with E-state index in [1.54, 1.807) is 51.2 Å². The van der Waals surface area contributed by atoms with Gasteiger partial charge < -0.3 is 29.9 Å². The molecule has 2 N–H and O–H groups in total. The Morgan fingerprint density at radius 1 is 1.04 bits per heavy atom. The normalized spacial score (nSPS) is 19.0. The van der Waals surface area contributed by atoms with Crippen molar-refractivity contribution >= 4 is 35.0 Å². The molecule has 1 aliphatic heterocycles. The second-order valence-corrected chi connectivity index (χ2v) is 16.7. The van der Waals surface area contributed by atoms with E-state index in [2.05, 4.69) is 25.6 Å². The molecule has 1 saturated heterocycles. The number of nitrogens with zero attached hydrogens (tertiary/aromatic N) is 7. The fraction of sp³-hybridized carbons (Fsp3) is 0.683. The Balaban J connectivity index is 1.83. The number of thiazole rings is 1. The van der Waals surface area contributed by atoms with Crippen molar-refractivity contribution in [2.75, 3.05) is 41.9 Å². The predicted octanol–water partition coefficient (Wildman–Crippen LogP) is 5.23. The van der Waals surface area contributed by atoms with E-state index < -0.39 is 48.2 Å². The van der Waals surface area contributed by atoms with E-state index in [0.29, 0.717) is 25.8 Å². The second kappa shape index (κ2) is 22.8. The maximum atomic E-state index is 14.4. The summed E-state index contributed by atoms with van der Waals surface area (Å²) < 4.78 is 12.0. The molecule has 0 radical (unpaired) electrons. The van der Waals surface area contributed by atoms with Gasteiger partial charge in [0, 0.05) is 44.3 Å². The van der Waals surface area contributed by atoms with E-state index in [1.807, 2.05) is 70.3 Å². The Hall–Kier alpha value is -4.08. The number of hydrogen-bond acceptors (Lipinski definition) is 10. The number of likely N-dealkylation sites (N-methyl/N-ethyl adjacent to an activating group) is 2. The molecular formula is C41H65N9O6S. The molecule has 2 aromatic rings. The molecule has 4 amide bonds. The Bertz CT molecular complexity index is 1620. The summed E-state index contributed by atoms with van der Waals surface area (Å²) in [5.41, 5.74) is 10.4. The number of azide groups is 1. The maximum Gasteiger partial charge on any atom is 0.245 e. The van der Waals surface area contributed by atoms with Crippen LogP contribution in [0, 0.1) is 17.8 Å². The zero-order valence-electron chi connectivity index (χ0n) is 35.6. The molecule has 316 valence electrons. The zero-order valence-corrected chi connectivity index (χ0v) is 36.4. The number of likely N-dealkylation sites (tertiary alicyclic amines) is 1. The van der Waals surface area contributed by atoms with Crippen molar-refractivity contribution in [3.05, 3.63) is 62.9 Å². The molecule has 16 heteroatoms. The molecule has 10 atom stereocenters. The van der Waals surface area contributed by atoms with Crippen LogP contribution in [0.1, 0.15) is 83.8 Å². The molecule has 1 aliphatic rings. The maximum absolute atomic E-state index is 14.4. The monoisotopic (exact) mass is 811 g/mol. The molecule has 15 nitrogen and oxygen atoms in total. The van der Waals surface area contributed by atoms with Crippen molar-refractivity contribution in [3.8, 4) is 0 Å². The zero-order chi connectivity index (χ0) is 42.4. The highest BCUT2D eigenvalue weighted by Crippen LogP contribution is 2.30. The Morgan fingerprint density at radius 2 is 1.72 bits per heavy atom. The number of carbonyl (C=O) groups is 4. The van der Waals surface area contributed by atoms with Crippen LogP contribution in [0.15, 0.2) is 47.0 Å². The van der Waals surface area contributed by atoms with Gasteiger partial charge in [-0.3, -0.25) is 24.1 Å². The van der Waals surface area contributed by atoms with E-state index in [-0.39, 0.29) is 48.1 Å². The molecule has 1 aromatic heterocycles. The first-order valence-electron chi connectivity index (χ1n) is 20.0. The van der Waals surface area contributed by atoms with Gasteiger partial charge >= 0.3 is 0 Å². The van der Waals surface area contributed by atoms with Gasteiger partial charge in [0.05, 0.1) is 54.8 Å². The fourth-order valence-electron chi connectivity index (χ4n) is 8.19. The van der Waals surface area contributed by atoms with E-state index >= 15 is 0 Å². The Kier molecular flexibility index (Phi) is 18.9. The van der Waals surface area contributed by atoms with Crippen molar-refractivity contribution in [2.45, 2.75) is 122 Å². The summed E-state index contributed by atoms with van der Waals surface area (Å²) >= 11 is 1.49. The molecule has 3 rings (SSSR count). The third kappa shape index (κ3) is 12.5. The van der Waals surface area contributed by atoms with E-state index in [0.717, 1.165) is 17.0 Å². The first-order valence-corrected chi connectivity index (χ1v) is 20.9. The van der Waals surface area contributed by atoms with Crippen LogP contribution in [0.4, 0.5) is 0 Å². The molecule has 0 bridgehead atoms. The average Bonchev–Trinajstić information content (AvgIpc) is 3.90. The number of nitrogens with one attached hydrogen (secondary N) is 2. The van der Waals surface area contributed by atoms with Crippen molar-refractivity contribution < 1.29 is 28.7 Å². The summed E-state index contributed by atoms with van der Waals surface area (Å²) in [7, 11) is 8.33. The minimum absolute atomic E-state index is 0.0290. The summed E-state index contributed by atoms with van der Waals surface area (Å²) in [6.45, 7) is 11.8. The van der Waals surface area contributed by atoms with Gasteiger partial charge in [-0.2, -0.15) is 0 Å². The third-order valence-corrected chi connectivity index (χ3v) is 12.2. The number of carbonyl (C=O) groups excluding carboxylic acids is 4. The van der Waals surface area contributed by atoms with Crippen LogP contribution in [-0.2, 0) is 35.1 Å². The van der Waals surface area contributed by atoms with Gasteiger partial charge in [-0.1, -0.05) is 83.4 Å². The molecule has 1 fully saturated rings. The largest absolute Gasteiger partial charge is 0.379 e. The van der Waals surface area contributed by atoms with Crippen molar-refractivity contribution in [3.63, 3.8) is 0 Å². The third-order valence-electron chi connectivity index (χ3n) is 11.3. The van der Waals surface area contributed by atoms with Gasteiger partial charge in [0.2, 0.25) is 23.6 Å². The number of ether oxygens (including phenoxy) is 2. The molecule has 1 aromatic carbocycles. The summed E-state index contributed by atoms with van der Waals surface area (Å²) in [4.78, 5) is 68.7. The van der Waals surface area contributed by atoms with E-state index in [1.165, 1.54) is 23.3 Å². The smallest absolute Gasteiger partial charge is 0.245 e. The molecule has 2 heterocycles. The van der Waals surface area contributed by atoms with Crippen molar-refractivity contribution in [2.24, 2.45) is 22.9 Å². The van der Waals surface area contributed by atoms with Crippen LogP contribution >= 0.6 is 11.3 Å². The topological polar surface area (TPSA) is 182 Å². The Morgan fingerprint density at radius 3 is 2.26 bits per heavy atom.